The van der Waals surface area contributed by atoms with Crippen LogP contribution in [0.3, 0.4) is 0 Å². The van der Waals surface area contributed by atoms with Gasteiger partial charge in [-0.05, 0) is 66.2 Å². The fraction of sp³-hybridized carbons (Fsp3) is 0.318. The molecule has 2 unspecified atom stereocenters. The summed E-state index contributed by atoms with van der Waals surface area (Å²) in [6.45, 7) is 4.27. The number of nitrogens with zero attached hydrogens (tertiary/aromatic N) is 1. The number of carbonyl (C=O) groups excluding carboxylic acids is 3. The first kappa shape index (κ1) is 22.6. The Morgan fingerprint density at radius 2 is 1.81 bits per heavy atom. The molecule has 0 bridgehead atoms. The van der Waals surface area contributed by atoms with Crippen molar-refractivity contribution < 1.29 is 23.9 Å². The minimum atomic E-state index is -0.833. The molecule has 3 rings (SSSR count). The van der Waals surface area contributed by atoms with Crippen LogP contribution in [0.1, 0.15) is 20.3 Å². The van der Waals surface area contributed by atoms with Crippen LogP contribution < -0.4 is 25.2 Å². The van der Waals surface area contributed by atoms with E-state index in [0.29, 0.717) is 23.8 Å². The molecule has 3 amide bonds. The molecule has 0 aromatic heterocycles. The summed E-state index contributed by atoms with van der Waals surface area (Å²) in [6, 6.07) is 14.2. The number of amides is 3. The second kappa shape index (κ2) is 10.3. The second-order valence-corrected chi connectivity index (χ2v) is 7.85. The number of benzene rings is 2. The average Bonchev–Trinajstić information content (AvgIpc) is 3.15. The van der Waals surface area contributed by atoms with Crippen molar-refractivity contribution in [3.8, 4) is 11.5 Å². The lowest BCUT2D eigenvalue weighted by atomic mass is 10.1. The molecule has 1 heterocycles. The maximum absolute atomic E-state index is 12.5. The van der Waals surface area contributed by atoms with Crippen LogP contribution >= 0.6 is 15.9 Å². The third-order valence-electron chi connectivity index (χ3n) is 4.76. The monoisotopic (exact) mass is 489 g/mol. The molecule has 1 saturated heterocycles. The van der Waals surface area contributed by atoms with E-state index in [1.54, 1.807) is 36.1 Å². The molecular weight excluding hydrogens is 466 g/mol. The molecule has 2 atom stereocenters. The van der Waals surface area contributed by atoms with Crippen LogP contribution in [0.4, 0.5) is 5.69 Å². The summed E-state index contributed by atoms with van der Waals surface area (Å²) in [6.07, 6.45) is -0.762. The summed E-state index contributed by atoms with van der Waals surface area (Å²) < 4.78 is 11.7. The molecular formula is C22H24BrN3O5. The fourth-order valence-electron chi connectivity index (χ4n) is 3.15. The van der Waals surface area contributed by atoms with Crippen LogP contribution in [0, 0.1) is 5.92 Å². The van der Waals surface area contributed by atoms with E-state index >= 15 is 0 Å². The lowest BCUT2D eigenvalue weighted by Crippen LogP contribution is -2.49. The lowest BCUT2D eigenvalue weighted by Gasteiger charge is -2.19. The summed E-state index contributed by atoms with van der Waals surface area (Å²) >= 11 is 3.42. The van der Waals surface area contributed by atoms with Crippen molar-refractivity contribution in [2.24, 2.45) is 5.92 Å². The Balaban J connectivity index is 1.49. The Morgan fingerprint density at radius 3 is 2.48 bits per heavy atom. The average molecular weight is 490 g/mol. The molecule has 1 fully saturated rings. The molecule has 1 aliphatic heterocycles. The number of carbonyl (C=O) groups is 3. The molecule has 2 N–H and O–H groups in total. The first-order chi connectivity index (χ1) is 14.9. The Labute approximate surface area is 189 Å². The second-order valence-electron chi connectivity index (χ2n) is 7.00. The Hall–Kier alpha value is -3.07. The van der Waals surface area contributed by atoms with E-state index in [-0.39, 0.29) is 18.9 Å². The molecule has 31 heavy (non-hydrogen) atoms. The highest BCUT2D eigenvalue weighted by molar-refractivity contribution is 9.10. The van der Waals surface area contributed by atoms with Crippen molar-refractivity contribution in [2.45, 2.75) is 26.4 Å². The highest BCUT2D eigenvalue weighted by Gasteiger charge is 2.36. The smallest absolute Gasteiger partial charge is 0.279 e. The van der Waals surface area contributed by atoms with Crippen molar-refractivity contribution in [3.63, 3.8) is 0 Å². The topological polar surface area (TPSA) is 97.0 Å². The largest absolute Gasteiger partial charge is 0.494 e. The van der Waals surface area contributed by atoms with Crippen molar-refractivity contribution in [2.75, 3.05) is 18.1 Å². The molecule has 2 aromatic carbocycles. The zero-order valence-corrected chi connectivity index (χ0v) is 18.8. The number of hydrogen-bond donors (Lipinski definition) is 2. The minimum Gasteiger partial charge on any atom is -0.494 e. The van der Waals surface area contributed by atoms with Crippen molar-refractivity contribution in [1.82, 2.24) is 10.9 Å². The highest BCUT2D eigenvalue weighted by atomic mass is 79.9. The predicted molar refractivity (Wildman–Crippen MR) is 119 cm³/mol. The van der Waals surface area contributed by atoms with Gasteiger partial charge in [0.1, 0.15) is 11.5 Å². The van der Waals surface area contributed by atoms with E-state index in [0.717, 1.165) is 4.47 Å². The van der Waals surface area contributed by atoms with E-state index in [1.165, 1.54) is 0 Å². The van der Waals surface area contributed by atoms with Crippen molar-refractivity contribution >= 4 is 39.3 Å². The van der Waals surface area contributed by atoms with E-state index in [9.17, 15) is 14.4 Å². The third-order valence-corrected chi connectivity index (χ3v) is 5.44. The molecule has 1 aliphatic rings. The van der Waals surface area contributed by atoms with E-state index in [1.807, 2.05) is 31.2 Å². The lowest BCUT2D eigenvalue weighted by molar-refractivity contribution is -0.134. The summed E-state index contributed by atoms with van der Waals surface area (Å²) in [4.78, 5) is 38.7. The normalized spacial score (nSPS) is 16.5. The Kier molecular flexibility index (Phi) is 7.51. The van der Waals surface area contributed by atoms with E-state index < -0.39 is 23.8 Å². The van der Waals surface area contributed by atoms with Gasteiger partial charge in [-0.25, -0.2) is 0 Å². The summed E-state index contributed by atoms with van der Waals surface area (Å²) in [5.74, 6) is -0.434. The summed E-state index contributed by atoms with van der Waals surface area (Å²) in [5.41, 5.74) is 5.47. The number of para-hydroxylation sites is 1. The number of hydrogen-bond acceptors (Lipinski definition) is 5. The number of halogens is 1. The van der Waals surface area contributed by atoms with Gasteiger partial charge in [-0.2, -0.15) is 0 Å². The highest BCUT2D eigenvalue weighted by Crippen LogP contribution is 2.31. The summed E-state index contributed by atoms with van der Waals surface area (Å²) in [7, 11) is 0. The number of anilines is 1. The first-order valence-electron chi connectivity index (χ1n) is 9.93. The minimum absolute atomic E-state index is 0.0707. The maximum atomic E-state index is 12.5. The van der Waals surface area contributed by atoms with E-state index in [4.69, 9.17) is 9.47 Å². The third kappa shape index (κ3) is 5.75. The van der Waals surface area contributed by atoms with Crippen LogP contribution in [0.25, 0.3) is 0 Å². The maximum Gasteiger partial charge on any atom is 0.279 e. The zero-order valence-electron chi connectivity index (χ0n) is 17.3. The van der Waals surface area contributed by atoms with Crippen LogP contribution in [0.5, 0.6) is 11.5 Å². The van der Waals surface area contributed by atoms with Crippen LogP contribution in [-0.4, -0.2) is 37.0 Å². The summed E-state index contributed by atoms with van der Waals surface area (Å²) in [5, 5.41) is 0. The molecule has 0 radical (unpaired) electrons. The molecule has 9 heteroatoms. The van der Waals surface area contributed by atoms with Gasteiger partial charge in [0, 0.05) is 17.4 Å². The molecule has 0 spiro atoms. The van der Waals surface area contributed by atoms with Gasteiger partial charge in [0.2, 0.25) is 11.8 Å². The van der Waals surface area contributed by atoms with Gasteiger partial charge in [-0.3, -0.25) is 25.2 Å². The SMILES string of the molecule is CCOc1ccc(OC(C)C(=O)NNC(=O)C2CC(=O)N(c3ccccc3Br)C2)cc1. The molecule has 164 valence electrons. The molecule has 8 nitrogen and oxygen atoms in total. The van der Waals surface area contributed by atoms with Gasteiger partial charge in [-0.1, -0.05) is 12.1 Å². The van der Waals surface area contributed by atoms with Gasteiger partial charge in [0.25, 0.3) is 5.91 Å². The number of ether oxygens (including phenoxy) is 2. The Bertz CT molecular complexity index is 950. The number of rotatable bonds is 7. The van der Waals surface area contributed by atoms with Crippen LogP contribution in [0.15, 0.2) is 53.0 Å². The van der Waals surface area contributed by atoms with Gasteiger partial charge in [-0.15, -0.1) is 0 Å². The van der Waals surface area contributed by atoms with Crippen LogP contribution in [0.2, 0.25) is 0 Å². The zero-order chi connectivity index (χ0) is 22.4. The van der Waals surface area contributed by atoms with Crippen molar-refractivity contribution in [1.29, 1.82) is 0 Å². The Morgan fingerprint density at radius 1 is 1.13 bits per heavy atom. The number of hydrazine groups is 1. The number of nitrogens with one attached hydrogen (secondary N) is 2. The van der Waals surface area contributed by atoms with Crippen molar-refractivity contribution in [3.05, 3.63) is 53.0 Å². The molecule has 0 aliphatic carbocycles. The van der Waals surface area contributed by atoms with E-state index in [2.05, 4.69) is 26.8 Å². The molecule has 2 aromatic rings. The standard InChI is InChI=1S/C22H24BrN3O5/c1-3-30-16-8-10-17(11-9-16)31-14(2)21(28)24-25-22(29)15-12-20(27)26(13-15)19-7-5-4-6-18(19)23/h4-11,14-15H,3,12-13H2,1-2H3,(H,24,28)(H,25,29). The molecule has 0 saturated carbocycles. The van der Waals surface area contributed by atoms with Gasteiger partial charge in [0.05, 0.1) is 18.2 Å². The van der Waals surface area contributed by atoms with Crippen LogP contribution in [-0.2, 0) is 14.4 Å². The quantitative estimate of drug-likeness (QED) is 0.582. The van der Waals surface area contributed by atoms with Gasteiger partial charge >= 0.3 is 0 Å². The predicted octanol–water partition coefficient (Wildman–Crippen LogP) is 2.82. The van der Waals surface area contributed by atoms with Gasteiger partial charge < -0.3 is 14.4 Å². The fourth-order valence-corrected chi connectivity index (χ4v) is 3.65. The first-order valence-corrected chi connectivity index (χ1v) is 10.7. The van der Waals surface area contributed by atoms with Gasteiger partial charge in [0.15, 0.2) is 6.10 Å².